The SMILES string of the molecule is Cc1cc(C(=N)N)nc(N2CC3CCCCN3CC2C)n1. The van der Waals surface area contributed by atoms with Gasteiger partial charge in [0.2, 0.25) is 5.95 Å². The number of amidine groups is 1. The molecule has 0 bridgehead atoms. The second-order valence-electron chi connectivity index (χ2n) is 6.25. The molecule has 0 spiro atoms. The minimum absolute atomic E-state index is 0.00528. The second-order valence-corrected chi connectivity index (χ2v) is 6.25. The molecule has 0 aliphatic carbocycles. The topological polar surface area (TPSA) is 82.1 Å². The van der Waals surface area contributed by atoms with E-state index < -0.39 is 0 Å². The molecule has 6 nitrogen and oxygen atoms in total. The predicted octanol–water partition coefficient (Wildman–Crippen LogP) is 1.13. The Kier molecular flexibility index (Phi) is 3.80. The van der Waals surface area contributed by atoms with E-state index in [9.17, 15) is 0 Å². The molecule has 2 aliphatic heterocycles. The standard InChI is InChI=1S/C15H24N6/c1-10-7-13(14(16)17)19-15(18-10)21-9-12-5-3-4-6-20(12)8-11(21)2/h7,11-12H,3-6,8-9H2,1-2H3,(H3,16,17). The van der Waals surface area contributed by atoms with E-state index in [-0.39, 0.29) is 5.84 Å². The summed E-state index contributed by atoms with van der Waals surface area (Å²) in [6, 6.07) is 2.77. The van der Waals surface area contributed by atoms with Gasteiger partial charge in [-0.2, -0.15) is 0 Å². The van der Waals surface area contributed by atoms with Gasteiger partial charge in [0.1, 0.15) is 11.5 Å². The Morgan fingerprint density at radius 2 is 2.14 bits per heavy atom. The van der Waals surface area contributed by atoms with Gasteiger partial charge in [0.25, 0.3) is 0 Å². The molecule has 21 heavy (non-hydrogen) atoms. The molecule has 114 valence electrons. The van der Waals surface area contributed by atoms with Crippen molar-refractivity contribution in [2.24, 2.45) is 5.73 Å². The Morgan fingerprint density at radius 1 is 1.33 bits per heavy atom. The van der Waals surface area contributed by atoms with Crippen LogP contribution in [0.3, 0.4) is 0 Å². The summed E-state index contributed by atoms with van der Waals surface area (Å²) >= 11 is 0. The zero-order chi connectivity index (χ0) is 15.0. The van der Waals surface area contributed by atoms with Crippen LogP contribution in [-0.4, -0.2) is 52.4 Å². The van der Waals surface area contributed by atoms with Crippen LogP contribution in [0, 0.1) is 12.3 Å². The minimum Gasteiger partial charge on any atom is -0.382 e. The van der Waals surface area contributed by atoms with Crippen molar-refractivity contribution >= 4 is 11.8 Å². The number of rotatable bonds is 2. The Bertz CT molecular complexity index is 543. The lowest BCUT2D eigenvalue weighted by molar-refractivity contribution is 0.115. The summed E-state index contributed by atoms with van der Waals surface area (Å²) < 4.78 is 0. The van der Waals surface area contributed by atoms with E-state index in [4.69, 9.17) is 11.1 Å². The van der Waals surface area contributed by atoms with E-state index in [2.05, 4.69) is 26.7 Å². The smallest absolute Gasteiger partial charge is 0.226 e. The summed E-state index contributed by atoms with van der Waals surface area (Å²) in [5, 5.41) is 7.60. The van der Waals surface area contributed by atoms with Crippen molar-refractivity contribution in [3.8, 4) is 0 Å². The van der Waals surface area contributed by atoms with Gasteiger partial charge >= 0.3 is 0 Å². The summed E-state index contributed by atoms with van der Waals surface area (Å²) in [5.74, 6) is 0.726. The molecule has 3 heterocycles. The van der Waals surface area contributed by atoms with Crippen LogP contribution in [0.5, 0.6) is 0 Å². The number of aryl methyl sites for hydroxylation is 1. The lowest BCUT2D eigenvalue weighted by Crippen LogP contribution is -2.59. The van der Waals surface area contributed by atoms with Crippen molar-refractivity contribution in [2.75, 3.05) is 24.5 Å². The van der Waals surface area contributed by atoms with E-state index in [0.717, 1.165) is 24.7 Å². The number of nitrogens with zero attached hydrogens (tertiary/aromatic N) is 4. The first-order valence-corrected chi connectivity index (χ1v) is 7.75. The van der Waals surface area contributed by atoms with Crippen molar-refractivity contribution in [2.45, 2.75) is 45.2 Å². The van der Waals surface area contributed by atoms with Gasteiger partial charge in [0.15, 0.2) is 0 Å². The largest absolute Gasteiger partial charge is 0.382 e. The minimum atomic E-state index is 0.00528. The first-order valence-electron chi connectivity index (χ1n) is 7.75. The third-order valence-corrected chi connectivity index (χ3v) is 4.56. The quantitative estimate of drug-likeness (QED) is 0.630. The van der Waals surface area contributed by atoms with Crippen molar-refractivity contribution in [1.82, 2.24) is 14.9 Å². The maximum Gasteiger partial charge on any atom is 0.226 e. The number of nitrogens with one attached hydrogen (secondary N) is 1. The molecular formula is C15H24N6. The maximum absolute atomic E-state index is 7.60. The highest BCUT2D eigenvalue weighted by Crippen LogP contribution is 2.26. The summed E-state index contributed by atoms with van der Waals surface area (Å²) in [4.78, 5) is 14.0. The van der Waals surface area contributed by atoms with Crippen LogP contribution in [0.15, 0.2) is 6.07 Å². The lowest BCUT2D eigenvalue weighted by atomic mass is 9.97. The first-order chi connectivity index (χ1) is 10.0. The first kappa shape index (κ1) is 14.3. The Morgan fingerprint density at radius 3 is 2.90 bits per heavy atom. The van der Waals surface area contributed by atoms with Crippen molar-refractivity contribution in [3.05, 3.63) is 17.5 Å². The molecule has 0 saturated carbocycles. The number of fused-ring (bicyclic) bond motifs is 1. The molecule has 1 aromatic heterocycles. The molecule has 3 rings (SSSR count). The number of piperazine rings is 1. The number of nitrogens with two attached hydrogens (primary N) is 1. The van der Waals surface area contributed by atoms with Gasteiger partial charge in [-0.25, -0.2) is 9.97 Å². The molecule has 6 heteroatoms. The molecule has 2 fully saturated rings. The number of anilines is 1. The van der Waals surface area contributed by atoms with E-state index in [1.807, 2.05) is 6.92 Å². The van der Waals surface area contributed by atoms with Gasteiger partial charge in [0.05, 0.1) is 0 Å². The highest BCUT2D eigenvalue weighted by atomic mass is 15.4. The van der Waals surface area contributed by atoms with Crippen molar-refractivity contribution in [3.63, 3.8) is 0 Å². The Hall–Kier alpha value is -1.69. The zero-order valence-corrected chi connectivity index (χ0v) is 12.8. The Balaban J connectivity index is 1.87. The molecule has 2 saturated heterocycles. The monoisotopic (exact) mass is 288 g/mol. The molecule has 0 radical (unpaired) electrons. The molecular weight excluding hydrogens is 264 g/mol. The highest BCUT2D eigenvalue weighted by molar-refractivity contribution is 5.93. The van der Waals surface area contributed by atoms with Gasteiger partial charge in [-0.15, -0.1) is 0 Å². The molecule has 2 aliphatic rings. The van der Waals surface area contributed by atoms with Crippen LogP contribution in [0.4, 0.5) is 5.95 Å². The van der Waals surface area contributed by atoms with Crippen LogP contribution >= 0.6 is 0 Å². The van der Waals surface area contributed by atoms with Crippen LogP contribution in [-0.2, 0) is 0 Å². The molecule has 1 aromatic rings. The number of aromatic nitrogens is 2. The average molecular weight is 288 g/mol. The van der Waals surface area contributed by atoms with E-state index in [0.29, 0.717) is 17.8 Å². The molecule has 3 N–H and O–H groups in total. The normalized spacial score (nSPS) is 26.5. The number of hydrogen-bond acceptors (Lipinski definition) is 5. The Labute approximate surface area is 125 Å². The highest BCUT2D eigenvalue weighted by Gasteiger charge is 2.34. The summed E-state index contributed by atoms with van der Waals surface area (Å²) in [6.07, 6.45) is 3.89. The van der Waals surface area contributed by atoms with Crippen LogP contribution in [0.2, 0.25) is 0 Å². The van der Waals surface area contributed by atoms with Crippen LogP contribution < -0.4 is 10.6 Å². The van der Waals surface area contributed by atoms with Crippen molar-refractivity contribution in [1.29, 1.82) is 5.41 Å². The molecule has 2 atom stereocenters. The molecule has 0 aromatic carbocycles. The summed E-state index contributed by atoms with van der Waals surface area (Å²) in [6.45, 7) is 7.42. The number of piperidine rings is 1. The van der Waals surface area contributed by atoms with Gasteiger partial charge in [-0.1, -0.05) is 6.42 Å². The fraction of sp³-hybridized carbons (Fsp3) is 0.667. The van der Waals surface area contributed by atoms with E-state index in [1.54, 1.807) is 6.07 Å². The molecule has 0 amide bonds. The molecule has 2 unspecified atom stereocenters. The average Bonchev–Trinajstić information content (AvgIpc) is 2.45. The lowest BCUT2D eigenvalue weighted by Gasteiger charge is -2.47. The van der Waals surface area contributed by atoms with E-state index >= 15 is 0 Å². The van der Waals surface area contributed by atoms with Gasteiger partial charge in [0, 0.05) is 30.9 Å². The maximum atomic E-state index is 7.60. The van der Waals surface area contributed by atoms with Crippen LogP contribution in [0.1, 0.15) is 37.6 Å². The van der Waals surface area contributed by atoms with Gasteiger partial charge < -0.3 is 10.6 Å². The summed E-state index contributed by atoms with van der Waals surface area (Å²) in [7, 11) is 0. The third-order valence-electron chi connectivity index (χ3n) is 4.56. The van der Waals surface area contributed by atoms with Crippen LogP contribution in [0.25, 0.3) is 0 Å². The van der Waals surface area contributed by atoms with Gasteiger partial charge in [-0.3, -0.25) is 10.3 Å². The van der Waals surface area contributed by atoms with Crippen molar-refractivity contribution < 1.29 is 0 Å². The summed E-state index contributed by atoms with van der Waals surface area (Å²) in [5.41, 5.74) is 6.98. The van der Waals surface area contributed by atoms with E-state index in [1.165, 1.54) is 25.8 Å². The fourth-order valence-corrected chi connectivity index (χ4v) is 3.45. The fourth-order valence-electron chi connectivity index (χ4n) is 3.45. The predicted molar refractivity (Wildman–Crippen MR) is 83.8 cm³/mol. The second kappa shape index (κ2) is 5.60. The van der Waals surface area contributed by atoms with Gasteiger partial charge in [-0.05, 0) is 39.3 Å². The zero-order valence-electron chi connectivity index (χ0n) is 12.8. The number of nitrogen functional groups attached to an aromatic ring is 1. The third kappa shape index (κ3) is 2.85. The number of hydrogen-bond donors (Lipinski definition) is 2.